The zero-order valence-corrected chi connectivity index (χ0v) is 16.3. The first-order valence-corrected chi connectivity index (χ1v) is 11.8. The molecule has 0 N–H and O–H groups in total. The first-order chi connectivity index (χ1) is 11.4. The summed E-state index contributed by atoms with van der Waals surface area (Å²) in [6.45, 7) is 8.91. The summed E-state index contributed by atoms with van der Waals surface area (Å²) in [5.41, 5.74) is 7.10. The van der Waals surface area contributed by atoms with E-state index < -0.39 is 8.07 Å². The number of hydrogen-bond donors (Lipinski definition) is 0. The molecule has 0 spiro atoms. The van der Waals surface area contributed by atoms with Gasteiger partial charge in [-0.15, -0.1) is 5.54 Å². The number of rotatable bonds is 4. The second-order valence-corrected chi connectivity index (χ2v) is 11.8. The first kappa shape index (κ1) is 18.1. The molecule has 0 saturated carbocycles. The monoisotopic (exact) mass is 334 g/mol. The van der Waals surface area contributed by atoms with E-state index in [1.807, 2.05) is 12.1 Å². The summed E-state index contributed by atoms with van der Waals surface area (Å²) in [5.74, 6) is 4.44. The molecule has 0 aromatic heterocycles. The standard InChI is InChI=1S/C22H26OSi/c1-18(15-16-24(3,4)5)17-22(19-9-7-6-8-10-19)20-11-13-21(23-2)14-12-20/h6-14,17,22H,1-5H3/b18-17-. The van der Waals surface area contributed by atoms with E-state index in [1.165, 1.54) is 11.1 Å². The lowest BCUT2D eigenvalue weighted by molar-refractivity contribution is 0.414. The van der Waals surface area contributed by atoms with Crippen molar-refractivity contribution in [1.82, 2.24) is 0 Å². The molecule has 0 fully saturated rings. The molecule has 0 aliphatic carbocycles. The van der Waals surface area contributed by atoms with Crippen LogP contribution in [0.15, 0.2) is 66.2 Å². The van der Waals surface area contributed by atoms with E-state index in [1.54, 1.807) is 7.11 Å². The highest BCUT2D eigenvalue weighted by Crippen LogP contribution is 2.28. The number of benzene rings is 2. The van der Waals surface area contributed by atoms with Crippen molar-refractivity contribution in [2.45, 2.75) is 32.5 Å². The molecule has 0 aliphatic rings. The number of ether oxygens (including phenoxy) is 1. The highest BCUT2D eigenvalue weighted by molar-refractivity contribution is 6.83. The average molecular weight is 335 g/mol. The van der Waals surface area contributed by atoms with E-state index in [0.29, 0.717) is 0 Å². The molecule has 1 atom stereocenters. The molecule has 2 heteroatoms. The lowest BCUT2D eigenvalue weighted by Crippen LogP contribution is -2.16. The van der Waals surface area contributed by atoms with Crippen molar-refractivity contribution in [3.63, 3.8) is 0 Å². The quantitative estimate of drug-likeness (QED) is 0.518. The van der Waals surface area contributed by atoms with Gasteiger partial charge in [0.15, 0.2) is 0 Å². The summed E-state index contributed by atoms with van der Waals surface area (Å²) in [7, 11) is 0.334. The number of hydrogen-bond acceptors (Lipinski definition) is 1. The Morgan fingerprint density at radius 2 is 1.54 bits per heavy atom. The molecule has 0 aliphatic heterocycles. The van der Waals surface area contributed by atoms with Gasteiger partial charge in [-0.3, -0.25) is 0 Å². The summed E-state index contributed by atoms with van der Waals surface area (Å²) in [6.07, 6.45) is 2.27. The van der Waals surface area contributed by atoms with Gasteiger partial charge in [-0.2, -0.15) is 0 Å². The van der Waals surface area contributed by atoms with E-state index in [9.17, 15) is 0 Å². The molecule has 2 rings (SSSR count). The molecular weight excluding hydrogens is 308 g/mol. The zero-order valence-electron chi connectivity index (χ0n) is 15.3. The normalized spacial score (nSPS) is 13.0. The highest BCUT2D eigenvalue weighted by Gasteiger charge is 2.12. The van der Waals surface area contributed by atoms with Crippen LogP contribution in [0.2, 0.25) is 19.6 Å². The molecule has 2 aromatic carbocycles. The fraction of sp³-hybridized carbons (Fsp3) is 0.273. The van der Waals surface area contributed by atoms with Crippen molar-refractivity contribution in [3.05, 3.63) is 77.4 Å². The minimum Gasteiger partial charge on any atom is -0.497 e. The topological polar surface area (TPSA) is 9.23 Å². The van der Waals surface area contributed by atoms with Crippen LogP contribution in [0.3, 0.4) is 0 Å². The minimum atomic E-state index is -1.36. The van der Waals surface area contributed by atoms with Crippen LogP contribution in [0.25, 0.3) is 0 Å². The molecule has 0 radical (unpaired) electrons. The summed E-state index contributed by atoms with van der Waals surface area (Å²) < 4.78 is 5.28. The predicted molar refractivity (Wildman–Crippen MR) is 106 cm³/mol. The molecule has 24 heavy (non-hydrogen) atoms. The third-order valence-corrected chi connectivity index (χ3v) is 4.56. The predicted octanol–water partition coefficient (Wildman–Crippen LogP) is 5.65. The maximum Gasteiger partial charge on any atom is 0.129 e. The van der Waals surface area contributed by atoms with Crippen LogP contribution in [-0.2, 0) is 0 Å². The Balaban J connectivity index is 2.41. The molecule has 1 nitrogen and oxygen atoms in total. The van der Waals surface area contributed by atoms with Crippen molar-refractivity contribution in [1.29, 1.82) is 0 Å². The van der Waals surface area contributed by atoms with E-state index in [0.717, 1.165) is 11.3 Å². The summed E-state index contributed by atoms with van der Waals surface area (Å²) >= 11 is 0. The van der Waals surface area contributed by atoms with Crippen molar-refractivity contribution in [3.8, 4) is 17.2 Å². The fourth-order valence-electron chi connectivity index (χ4n) is 2.43. The van der Waals surface area contributed by atoms with Gasteiger partial charge in [0.25, 0.3) is 0 Å². The second kappa shape index (κ2) is 8.03. The van der Waals surface area contributed by atoms with Gasteiger partial charge in [0.2, 0.25) is 0 Å². The van der Waals surface area contributed by atoms with Crippen LogP contribution in [0.5, 0.6) is 5.75 Å². The summed E-state index contributed by atoms with van der Waals surface area (Å²) in [4.78, 5) is 0. The molecule has 1 unspecified atom stereocenters. The van der Waals surface area contributed by atoms with Crippen LogP contribution in [0, 0.1) is 11.5 Å². The summed E-state index contributed by atoms with van der Waals surface area (Å²) in [5, 5.41) is 0. The fourth-order valence-corrected chi connectivity index (χ4v) is 3.01. The lowest BCUT2D eigenvalue weighted by atomic mass is 9.89. The van der Waals surface area contributed by atoms with Crippen molar-refractivity contribution in [2.24, 2.45) is 0 Å². The lowest BCUT2D eigenvalue weighted by Gasteiger charge is -2.15. The molecule has 0 heterocycles. The third kappa shape index (κ3) is 5.44. The van der Waals surface area contributed by atoms with E-state index in [-0.39, 0.29) is 5.92 Å². The van der Waals surface area contributed by atoms with Crippen LogP contribution < -0.4 is 4.74 Å². The Morgan fingerprint density at radius 3 is 2.08 bits per heavy atom. The molecular formula is C22H26OSi. The Labute approximate surface area is 147 Å². The Bertz CT molecular complexity index is 741. The first-order valence-electron chi connectivity index (χ1n) is 8.29. The SMILES string of the molecule is COc1ccc(C(/C=C(/C)C#C[Si](C)(C)C)c2ccccc2)cc1. The van der Waals surface area contributed by atoms with Crippen LogP contribution >= 0.6 is 0 Å². The van der Waals surface area contributed by atoms with Gasteiger partial charge in [0, 0.05) is 5.92 Å². The molecule has 0 saturated heterocycles. The van der Waals surface area contributed by atoms with Gasteiger partial charge in [0.1, 0.15) is 13.8 Å². The largest absolute Gasteiger partial charge is 0.497 e. The maximum absolute atomic E-state index is 5.28. The second-order valence-electron chi connectivity index (χ2n) is 7.01. The van der Waals surface area contributed by atoms with E-state index in [2.05, 4.69) is 86.6 Å². The van der Waals surface area contributed by atoms with Crippen LogP contribution in [0.4, 0.5) is 0 Å². The van der Waals surface area contributed by atoms with E-state index >= 15 is 0 Å². The number of allylic oxidation sites excluding steroid dienone is 2. The number of methoxy groups -OCH3 is 1. The molecule has 124 valence electrons. The van der Waals surface area contributed by atoms with Crippen LogP contribution in [-0.4, -0.2) is 15.2 Å². The smallest absolute Gasteiger partial charge is 0.129 e. The van der Waals surface area contributed by atoms with Gasteiger partial charge < -0.3 is 4.74 Å². The third-order valence-electron chi connectivity index (χ3n) is 3.68. The molecule has 0 bridgehead atoms. The van der Waals surface area contributed by atoms with Crippen molar-refractivity contribution >= 4 is 8.07 Å². The van der Waals surface area contributed by atoms with Crippen molar-refractivity contribution < 1.29 is 4.74 Å². The zero-order chi connectivity index (χ0) is 17.6. The minimum absolute atomic E-state index is 0.202. The Hall–Kier alpha value is -2.24. The highest BCUT2D eigenvalue weighted by atomic mass is 28.3. The average Bonchev–Trinajstić information content (AvgIpc) is 2.58. The Morgan fingerprint density at radius 1 is 0.958 bits per heavy atom. The molecule has 2 aromatic rings. The van der Waals surface area contributed by atoms with Crippen LogP contribution in [0.1, 0.15) is 24.0 Å². The van der Waals surface area contributed by atoms with Gasteiger partial charge in [-0.25, -0.2) is 0 Å². The maximum atomic E-state index is 5.28. The van der Waals surface area contributed by atoms with E-state index in [4.69, 9.17) is 4.74 Å². The van der Waals surface area contributed by atoms with Gasteiger partial charge >= 0.3 is 0 Å². The van der Waals surface area contributed by atoms with Crippen molar-refractivity contribution in [2.75, 3.05) is 7.11 Å². The summed E-state index contributed by atoms with van der Waals surface area (Å²) in [6, 6.07) is 18.9. The van der Waals surface area contributed by atoms with Gasteiger partial charge in [-0.1, -0.05) is 74.1 Å². The van der Waals surface area contributed by atoms with Gasteiger partial charge in [-0.05, 0) is 35.8 Å². The van der Waals surface area contributed by atoms with Gasteiger partial charge in [0.05, 0.1) is 7.11 Å². The Kier molecular flexibility index (Phi) is 6.06. The molecule has 0 amide bonds.